The highest BCUT2D eigenvalue weighted by atomic mass is 32.1. The first-order chi connectivity index (χ1) is 12.0. The molecule has 1 unspecified atom stereocenters. The van der Waals surface area contributed by atoms with Crippen LogP contribution in [0.5, 0.6) is 0 Å². The molecule has 0 bridgehead atoms. The summed E-state index contributed by atoms with van der Waals surface area (Å²) >= 11 is 10.1. The number of rotatable bonds is 2. The molecule has 4 rings (SSSR count). The van der Waals surface area contributed by atoms with Gasteiger partial charge in [-0.2, -0.15) is 0 Å². The van der Waals surface area contributed by atoms with Gasteiger partial charge in [-0.1, -0.05) is 54.6 Å². The van der Waals surface area contributed by atoms with Crippen LogP contribution in [-0.2, 0) is 0 Å². The molecule has 4 aromatic carbocycles. The SMILES string of the molecule is CC(NC(=S)NC(N)=S)c1ccc2ccc3cccc4ccc1c2c34. The molecule has 25 heavy (non-hydrogen) atoms. The first kappa shape index (κ1) is 16.0. The molecule has 0 fully saturated rings. The molecule has 124 valence electrons. The molecule has 4 N–H and O–H groups in total. The predicted molar refractivity (Wildman–Crippen MR) is 114 cm³/mol. The molecule has 0 heterocycles. The van der Waals surface area contributed by atoms with Crippen molar-refractivity contribution < 1.29 is 0 Å². The highest BCUT2D eigenvalue weighted by Crippen LogP contribution is 2.37. The van der Waals surface area contributed by atoms with Crippen LogP contribution < -0.4 is 16.4 Å². The third-order valence-corrected chi connectivity index (χ3v) is 4.94. The Bertz CT molecular complexity index is 1100. The fraction of sp³-hybridized carbons (Fsp3) is 0.100. The highest BCUT2D eigenvalue weighted by molar-refractivity contribution is 7.81. The van der Waals surface area contributed by atoms with Gasteiger partial charge in [-0.15, -0.1) is 0 Å². The van der Waals surface area contributed by atoms with E-state index < -0.39 is 0 Å². The number of nitrogens with one attached hydrogen (secondary N) is 2. The van der Waals surface area contributed by atoms with E-state index in [0.717, 1.165) is 0 Å². The lowest BCUT2D eigenvalue weighted by atomic mass is 9.90. The Balaban J connectivity index is 1.87. The Labute approximate surface area is 156 Å². The van der Waals surface area contributed by atoms with Gasteiger partial charge in [0.15, 0.2) is 10.2 Å². The summed E-state index contributed by atoms with van der Waals surface area (Å²) in [5.74, 6) is 0. The van der Waals surface area contributed by atoms with E-state index in [4.69, 9.17) is 30.2 Å². The van der Waals surface area contributed by atoms with E-state index in [1.807, 2.05) is 0 Å². The summed E-state index contributed by atoms with van der Waals surface area (Å²) in [6.45, 7) is 2.08. The largest absolute Gasteiger partial charge is 0.376 e. The van der Waals surface area contributed by atoms with Crippen LogP contribution in [0.1, 0.15) is 18.5 Å². The smallest absolute Gasteiger partial charge is 0.173 e. The monoisotopic (exact) mass is 363 g/mol. The van der Waals surface area contributed by atoms with E-state index in [0.29, 0.717) is 5.11 Å². The second-order valence-corrected chi connectivity index (χ2v) is 7.04. The minimum absolute atomic E-state index is 0.0268. The lowest BCUT2D eigenvalue weighted by Gasteiger charge is -2.20. The normalized spacial score (nSPS) is 12.5. The number of benzene rings is 4. The molecule has 0 aliphatic rings. The molecule has 0 saturated carbocycles. The van der Waals surface area contributed by atoms with Gasteiger partial charge in [0.25, 0.3) is 0 Å². The maximum absolute atomic E-state index is 5.49. The topological polar surface area (TPSA) is 50.1 Å². The summed E-state index contributed by atoms with van der Waals surface area (Å²) in [5.41, 5.74) is 6.68. The summed E-state index contributed by atoms with van der Waals surface area (Å²) in [4.78, 5) is 0. The fourth-order valence-corrected chi connectivity index (χ4v) is 4.01. The molecule has 0 aliphatic heterocycles. The molecule has 5 heteroatoms. The molecule has 0 radical (unpaired) electrons. The first-order valence-electron chi connectivity index (χ1n) is 8.08. The van der Waals surface area contributed by atoms with Crippen molar-refractivity contribution >= 4 is 67.0 Å². The first-order valence-corrected chi connectivity index (χ1v) is 8.89. The average molecular weight is 364 g/mol. The Morgan fingerprint density at radius 3 is 2.16 bits per heavy atom. The lowest BCUT2D eigenvalue weighted by Crippen LogP contribution is -2.42. The van der Waals surface area contributed by atoms with Gasteiger partial charge in [0.1, 0.15) is 0 Å². The van der Waals surface area contributed by atoms with Crippen molar-refractivity contribution in [3.05, 3.63) is 60.2 Å². The maximum atomic E-state index is 5.49. The Morgan fingerprint density at radius 2 is 1.48 bits per heavy atom. The van der Waals surface area contributed by atoms with E-state index in [1.54, 1.807) is 0 Å². The molecule has 0 spiro atoms. The van der Waals surface area contributed by atoms with Crippen LogP contribution in [0.15, 0.2) is 54.6 Å². The van der Waals surface area contributed by atoms with Gasteiger partial charge in [0.2, 0.25) is 0 Å². The van der Waals surface area contributed by atoms with Crippen LogP contribution in [0.3, 0.4) is 0 Å². The van der Waals surface area contributed by atoms with Gasteiger partial charge in [-0.25, -0.2) is 0 Å². The van der Waals surface area contributed by atoms with Crippen molar-refractivity contribution in [3.8, 4) is 0 Å². The molecular formula is C20H17N3S2. The van der Waals surface area contributed by atoms with Crippen LogP contribution in [0.25, 0.3) is 32.3 Å². The molecule has 0 amide bonds. The predicted octanol–water partition coefficient (Wildman–Crippen LogP) is 4.35. The molecule has 1 atom stereocenters. The van der Waals surface area contributed by atoms with Crippen molar-refractivity contribution in [2.75, 3.05) is 0 Å². The zero-order chi connectivity index (χ0) is 17.6. The van der Waals surface area contributed by atoms with Crippen molar-refractivity contribution in [1.82, 2.24) is 10.6 Å². The summed E-state index contributed by atoms with van der Waals surface area (Å²) in [5, 5.41) is 14.3. The zero-order valence-corrected chi connectivity index (χ0v) is 15.3. The second kappa shape index (κ2) is 6.10. The summed E-state index contributed by atoms with van der Waals surface area (Å²) in [7, 11) is 0. The number of thiocarbonyl (C=S) groups is 2. The molecule has 0 saturated heterocycles. The molecular weight excluding hydrogens is 346 g/mol. The summed E-state index contributed by atoms with van der Waals surface area (Å²) in [6, 6.07) is 19.5. The van der Waals surface area contributed by atoms with Gasteiger partial charge in [0, 0.05) is 0 Å². The highest BCUT2D eigenvalue weighted by Gasteiger charge is 2.15. The summed E-state index contributed by atoms with van der Waals surface area (Å²) < 4.78 is 0. The minimum atomic E-state index is 0.0268. The van der Waals surface area contributed by atoms with Crippen molar-refractivity contribution in [2.45, 2.75) is 13.0 Å². The van der Waals surface area contributed by atoms with E-state index in [9.17, 15) is 0 Å². The van der Waals surface area contributed by atoms with Gasteiger partial charge < -0.3 is 16.4 Å². The lowest BCUT2D eigenvalue weighted by molar-refractivity contribution is 0.721. The number of hydrogen-bond donors (Lipinski definition) is 3. The van der Waals surface area contributed by atoms with Crippen molar-refractivity contribution in [3.63, 3.8) is 0 Å². The number of nitrogens with two attached hydrogens (primary N) is 1. The molecule has 3 nitrogen and oxygen atoms in total. The van der Waals surface area contributed by atoms with Crippen LogP contribution in [-0.4, -0.2) is 10.2 Å². The van der Waals surface area contributed by atoms with E-state index in [1.165, 1.54) is 37.9 Å². The second-order valence-electron chi connectivity index (χ2n) is 6.20. The average Bonchev–Trinajstić information content (AvgIpc) is 2.58. The Hall–Kier alpha value is -2.50. The standard InChI is InChI=1S/C20H17N3S2/c1-11(22-20(25)23-19(21)24)15-9-7-14-6-5-12-3-2-4-13-8-10-16(15)18(14)17(12)13/h2-11H,1H3,(H4,21,22,23,24,25). The van der Waals surface area contributed by atoms with Gasteiger partial charge in [0.05, 0.1) is 6.04 Å². The van der Waals surface area contributed by atoms with Gasteiger partial charge in [-0.3, -0.25) is 0 Å². The van der Waals surface area contributed by atoms with Crippen molar-refractivity contribution in [1.29, 1.82) is 0 Å². The molecule has 0 aliphatic carbocycles. The number of hydrogen-bond acceptors (Lipinski definition) is 2. The van der Waals surface area contributed by atoms with E-state index in [2.05, 4.69) is 72.2 Å². The molecule has 0 aromatic heterocycles. The quantitative estimate of drug-likeness (QED) is 0.365. The summed E-state index contributed by atoms with van der Waals surface area (Å²) in [6.07, 6.45) is 0. The Kier molecular flexibility index (Phi) is 3.90. The Morgan fingerprint density at radius 1 is 0.880 bits per heavy atom. The van der Waals surface area contributed by atoms with Crippen LogP contribution in [0.2, 0.25) is 0 Å². The maximum Gasteiger partial charge on any atom is 0.173 e. The van der Waals surface area contributed by atoms with Crippen LogP contribution in [0.4, 0.5) is 0 Å². The minimum Gasteiger partial charge on any atom is -0.376 e. The van der Waals surface area contributed by atoms with Crippen molar-refractivity contribution in [2.24, 2.45) is 5.73 Å². The zero-order valence-electron chi connectivity index (χ0n) is 13.7. The third kappa shape index (κ3) is 2.75. The fourth-order valence-electron chi connectivity index (χ4n) is 3.56. The molecule has 4 aromatic rings. The van der Waals surface area contributed by atoms with Gasteiger partial charge in [-0.05, 0) is 69.2 Å². The third-order valence-electron chi connectivity index (χ3n) is 4.61. The van der Waals surface area contributed by atoms with E-state index >= 15 is 0 Å². The van der Waals surface area contributed by atoms with Crippen LogP contribution in [0, 0.1) is 0 Å². The van der Waals surface area contributed by atoms with Crippen LogP contribution >= 0.6 is 24.4 Å². The van der Waals surface area contributed by atoms with Gasteiger partial charge >= 0.3 is 0 Å². The van der Waals surface area contributed by atoms with E-state index in [-0.39, 0.29) is 11.2 Å².